The van der Waals surface area contributed by atoms with E-state index in [1.807, 2.05) is 19.1 Å². The van der Waals surface area contributed by atoms with Crippen LogP contribution >= 0.6 is 0 Å². The van der Waals surface area contributed by atoms with Gasteiger partial charge in [0.05, 0.1) is 0 Å². The van der Waals surface area contributed by atoms with Crippen LogP contribution in [0.4, 0.5) is 0 Å². The fraction of sp³-hybridized carbons (Fsp3) is 0.167. The van der Waals surface area contributed by atoms with Gasteiger partial charge in [-0.25, -0.2) is 0 Å². The maximum Gasteiger partial charge on any atom is -0.0312 e. The van der Waals surface area contributed by atoms with Crippen molar-refractivity contribution in [1.29, 1.82) is 0 Å². The van der Waals surface area contributed by atoms with Crippen LogP contribution in [0, 0.1) is 7.43 Å². The van der Waals surface area contributed by atoms with E-state index < -0.39 is 0 Å². The maximum absolute atomic E-state index is 3.46. The lowest BCUT2D eigenvalue weighted by Crippen LogP contribution is -1.33. The number of allylic oxidation sites excluding steroid dienone is 3. The highest BCUT2D eigenvalue weighted by atomic mass is 13.5. The van der Waals surface area contributed by atoms with E-state index in [-0.39, 0.29) is 7.43 Å². The molecule has 3 radical (unpaired) electrons. The Hall–Kier alpha value is -0.520. The summed E-state index contributed by atoms with van der Waals surface area (Å²) in [6, 6.07) is 0. The van der Waals surface area contributed by atoms with Crippen LogP contribution < -0.4 is 0 Å². The van der Waals surface area contributed by atoms with Crippen LogP contribution in [-0.2, 0) is 0 Å². The Labute approximate surface area is 40.2 Å². The average molecular weight is 81.1 g/mol. The lowest BCUT2D eigenvalue weighted by atomic mass is 10.5. The van der Waals surface area contributed by atoms with Gasteiger partial charge in [-0.05, 0) is 14.4 Å². The van der Waals surface area contributed by atoms with Gasteiger partial charge in [0, 0.05) is 0 Å². The fourth-order valence-electron chi connectivity index (χ4n) is 0.136. The Kier molecular flexibility index (Phi) is 13.4. The molecule has 0 N–H and O–H groups in total. The summed E-state index contributed by atoms with van der Waals surface area (Å²) < 4.78 is 0. The Balaban J connectivity index is 0. The molecular formula is C6H9. The van der Waals surface area contributed by atoms with Crippen LogP contribution in [0.25, 0.3) is 0 Å². The molecule has 0 heteroatoms. The van der Waals surface area contributed by atoms with Crippen molar-refractivity contribution < 1.29 is 0 Å². The highest BCUT2D eigenvalue weighted by molar-refractivity contribution is 4.94. The third kappa shape index (κ3) is 9.77. The molecular weight excluding hydrogens is 72.1 g/mol. The topological polar surface area (TPSA) is 0 Å². The van der Waals surface area contributed by atoms with Crippen LogP contribution in [0.1, 0.15) is 6.92 Å². The molecule has 0 heterocycles. The molecule has 0 saturated heterocycles. The highest BCUT2D eigenvalue weighted by Crippen LogP contribution is 1.64. The zero-order valence-corrected chi connectivity index (χ0v) is 4.02. The summed E-state index contributed by atoms with van der Waals surface area (Å²) in [5.41, 5.74) is 0. The Morgan fingerprint density at radius 2 is 2.00 bits per heavy atom. The molecule has 0 saturated carbocycles. The van der Waals surface area contributed by atoms with Crippen LogP contribution in [-0.4, -0.2) is 0 Å². The number of rotatable bonds is 1. The molecule has 0 aromatic carbocycles. The Bertz CT molecular complexity index is 42.0. The number of hydrogen-bond donors (Lipinski definition) is 0. The summed E-state index contributed by atoms with van der Waals surface area (Å²) >= 11 is 0. The van der Waals surface area contributed by atoms with Crippen LogP contribution in [0.3, 0.4) is 0 Å². The average Bonchev–Trinajstić information content (AvgIpc) is 1.41. The van der Waals surface area contributed by atoms with Gasteiger partial charge in [-0.15, -0.1) is 0 Å². The van der Waals surface area contributed by atoms with Crippen molar-refractivity contribution in [2.45, 2.75) is 6.92 Å². The minimum absolute atomic E-state index is 0. The van der Waals surface area contributed by atoms with E-state index in [0.717, 1.165) is 0 Å². The van der Waals surface area contributed by atoms with Crippen molar-refractivity contribution in [3.05, 3.63) is 32.2 Å². The third-order valence-corrected chi connectivity index (χ3v) is 0.329. The van der Waals surface area contributed by atoms with Gasteiger partial charge >= 0.3 is 0 Å². The molecule has 0 bridgehead atoms. The first-order valence-electron chi connectivity index (χ1n) is 1.65. The smallest absolute Gasteiger partial charge is 0.0312 e. The van der Waals surface area contributed by atoms with Crippen LogP contribution in [0.5, 0.6) is 0 Å². The number of hydrogen-bond acceptors (Lipinski definition) is 0. The lowest BCUT2D eigenvalue weighted by Gasteiger charge is -1.56. The second kappa shape index (κ2) is 8.82. The van der Waals surface area contributed by atoms with Crippen molar-refractivity contribution in [3.8, 4) is 0 Å². The van der Waals surface area contributed by atoms with Gasteiger partial charge in [-0.1, -0.05) is 24.8 Å². The molecule has 0 spiro atoms. The molecule has 0 unspecified atom stereocenters. The van der Waals surface area contributed by atoms with E-state index in [0.29, 0.717) is 0 Å². The SMILES string of the molecule is C=CC=CC.[CH]. The second-order valence-corrected chi connectivity index (χ2v) is 0.761. The predicted octanol–water partition coefficient (Wildman–Crippen LogP) is 1.95. The molecule has 0 amide bonds. The first-order chi connectivity index (χ1) is 2.41. The van der Waals surface area contributed by atoms with E-state index in [1.54, 1.807) is 6.08 Å². The molecule has 0 aromatic rings. The van der Waals surface area contributed by atoms with Gasteiger partial charge in [0.15, 0.2) is 0 Å². The van der Waals surface area contributed by atoms with Gasteiger partial charge in [0.2, 0.25) is 0 Å². The summed E-state index contributed by atoms with van der Waals surface area (Å²) in [5, 5.41) is 0. The largest absolute Gasteiger partial charge is 0.0991 e. The monoisotopic (exact) mass is 81.1 g/mol. The summed E-state index contributed by atoms with van der Waals surface area (Å²) in [5.74, 6) is 0. The van der Waals surface area contributed by atoms with Crippen LogP contribution in [0.15, 0.2) is 24.8 Å². The molecule has 0 atom stereocenters. The molecule has 33 valence electrons. The molecule has 0 aromatic heterocycles. The van der Waals surface area contributed by atoms with E-state index in [1.165, 1.54) is 0 Å². The first kappa shape index (κ1) is 9.08. The van der Waals surface area contributed by atoms with Gasteiger partial charge in [0.25, 0.3) is 0 Å². The molecule has 0 aliphatic rings. The highest BCUT2D eigenvalue weighted by Gasteiger charge is 1.42. The molecule has 6 heavy (non-hydrogen) atoms. The molecule has 0 nitrogen and oxygen atoms in total. The minimum atomic E-state index is 0. The molecule has 0 aliphatic carbocycles. The molecule has 0 fully saturated rings. The molecule has 0 aliphatic heterocycles. The summed E-state index contributed by atoms with van der Waals surface area (Å²) in [6.07, 6.45) is 5.58. The van der Waals surface area contributed by atoms with E-state index >= 15 is 0 Å². The van der Waals surface area contributed by atoms with Crippen molar-refractivity contribution in [2.75, 3.05) is 0 Å². The fourth-order valence-corrected chi connectivity index (χ4v) is 0.136. The summed E-state index contributed by atoms with van der Waals surface area (Å²) in [6.45, 7) is 5.42. The van der Waals surface area contributed by atoms with E-state index in [9.17, 15) is 0 Å². The van der Waals surface area contributed by atoms with Crippen molar-refractivity contribution in [1.82, 2.24) is 0 Å². The van der Waals surface area contributed by atoms with Gasteiger partial charge in [-0.2, -0.15) is 0 Å². The Morgan fingerprint density at radius 1 is 1.50 bits per heavy atom. The minimum Gasteiger partial charge on any atom is -0.0991 e. The zero-order valence-electron chi connectivity index (χ0n) is 4.02. The predicted molar refractivity (Wildman–Crippen MR) is 29.3 cm³/mol. The normalized spacial score (nSPS) is 7.50. The standard InChI is InChI=1S/C5H8.CH/c1-3-5-4-2;/h3-5H,1H2,2H3;1H. The maximum atomic E-state index is 3.46. The summed E-state index contributed by atoms with van der Waals surface area (Å²) in [4.78, 5) is 0. The van der Waals surface area contributed by atoms with E-state index in [4.69, 9.17) is 0 Å². The third-order valence-electron chi connectivity index (χ3n) is 0.329. The molecule has 0 rings (SSSR count). The lowest BCUT2D eigenvalue weighted by molar-refractivity contribution is 1.74. The Morgan fingerprint density at radius 3 is 2.00 bits per heavy atom. The summed E-state index contributed by atoms with van der Waals surface area (Å²) in [7, 11) is 0. The van der Waals surface area contributed by atoms with Crippen molar-refractivity contribution >= 4 is 0 Å². The van der Waals surface area contributed by atoms with Crippen molar-refractivity contribution in [3.63, 3.8) is 0 Å². The van der Waals surface area contributed by atoms with E-state index in [2.05, 4.69) is 6.58 Å². The quantitative estimate of drug-likeness (QED) is 0.423. The van der Waals surface area contributed by atoms with Gasteiger partial charge < -0.3 is 0 Å². The first-order valence-corrected chi connectivity index (χ1v) is 1.65. The van der Waals surface area contributed by atoms with Crippen LogP contribution in [0.2, 0.25) is 0 Å². The second-order valence-electron chi connectivity index (χ2n) is 0.761. The van der Waals surface area contributed by atoms with Crippen molar-refractivity contribution in [2.24, 2.45) is 0 Å². The van der Waals surface area contributed by atoms with Gasteiger partial charge in [-0.3, -0.25) is 0 Å². The zero-order chi connectivity index (χ0) is 4.12. The van der Waals surface area contributed by atoms with Gasteiger partial charge in [0.1, 0.15) is 0 Å².